The Kier molecular flexibility index (Phi) is 2.15. The minimum absolute atomic E-state index is 0.0956. The van der Waals surface area contributed by atoms with Crippen LogP contribution in [0.1, 0.15) is 0 Å². The summed E-state index contributed by atoms with van der Waals surface area (Å²) in [5, 5.41) is 3.02. The zero-order valence-electron chi connectivity index (χ0n) is 6.43. The summed E-state index contributed by atoms with van der Waals surface area (Å²) in [7, 11) is 0. The third kappa shape index (κ3) is 1.69. The molecular weight excluding hydrogens is 158 g/mol. The van der Waals surface area contributed by atoms with Crippen LogP contribution in [0.4, 0.5) is 5.82 Å². The molecule has 0 amide bonds. The molecule has 2 rings (SSSR count). The predicted molar refractivity (Wildman–Crippen MR) is 41.3 cm³/mol. The van der Waals surface area contributed by atoms with Crippen molar-refractivity contribution in [1.29, 1.82) is 0 Å². The highest BCUT2D eigenvalue weighted by Gasteiger charge is 2.15. The van der Waals surface area contributed by atoms with Crippen molar-refractivity contribution in [2.24, 2.45) is 0 Å². The Morgan fingerprint density at radius 1 is 1.50 bits per heavy atom. The average Bonchev–Trinajstić information content (AvgIpc) is 2.59. The van der Waals surface area contributed by atoms with E-state index in [1.165, 1.54) is 0 Å². The summed E-state index contributed by atoms with van der Waals surface area (Å²) in [6.07, 6.45) is 4.79. The monoisotopic (exact) mass is 167 g/mol. The fraction of sp³-hybridized carbons (Fsp3) is 0.429. The van der Waals surface area contributed by atoms with Gasteiger partial charge in [0.2, 0.25) is 0 Å². The molecule has 12 heavy (non-hydrogen) atoms. The molecule has 1 aliphatic rings. The first-order valence-corrected chi connectivity index (χ1v) is 3.67. The maximum Gasteiger partial charge on any atom is 0.155 e. The molecular formula is C7H9N3O2. The second kappa shape index (κ2) is 3.46. The highest BCUT2D eigenvalue weighted by Crippen LogP contribution is 2.06. The molecule has 0 aliphatic carbocycles. The van der Waals surface area contributed by atoms with Gasteiger partial charge < -0.3 is 14.8 Å². The summed E-state index contributed by atoms with van der Waals surface area (Å²) in [4.78, 5) is 7.94. The van der Waals surface area contributed by atoms with Crippen molar-refractivity contribution in [2.45, 2.75) is 6.23 Å². The normalized spacial score (nSPS) is 22.5. The quantitative estimate of drug-likeness (QED) is 0.682. The SMILES string of the molecule is c1cnc(NC2COCO2)cn1. The van der Waals surface area contributed by atoms with E-state index in [1.807, 2.05) is 0 Å². The second-order valence-electron chi connectivity index (χ2n) is 2.38. The lowest BCUT2D eigenvalue weighted by molar-refractivity contribution is 0.0533. The molecule has 5 heteroatoms. The average molecular weight is 167 g/mol. The molecule has 0 radical (unpaired) electrons. The van der Waals surface area contributed by atoms with Crippen LogP contribution in [0, 0.1) is 0 Å². The summed E-state index contributed by atoms with van der Waals surface area (Å²) in [5.41, 5.74) is 0. The van der Waals surface area contributed by atoms with Crippen LogP contribution >= 0.6 is 0 Å². The molecule has 1 N–H and O–H groups in total. The van der Waals surface area contributed by atoms with Gasteiger partial charge in [0.15, 0.2) is 6.23 Å². The van der Waals surface area contributed by atoms with Crippen LogP contribution in [0.3, 0.4) is 0 Å². The van der Waals surface area contributed by atoms with E-state index >= 15 is 0 Å². The first kappa shape index (κ1) is 7.45. The Hall–Kier alpha value is -1.20. The zero-order chi connectivity index (χ0) is 8.23. The number of rotatable bonds is 2. The van der Waals surface area contributed by atoms with Crippen LogP contribution < -0.4 is 5.32 Å². The topological polar surface area (TPSA) is 56.3 Å². The number of hydrogen-bond acceptors (Lipinski definition) is 5. The van der Waals surface area contributed by atoms with Crippen molar-refractivity contribution in [2.75, 3.05) is 18.7 Å². The summed E-state index contributed by atoms with van der Waals surface area (Å²) in [6, 6.07) is 0. The number of anilines is 1. The van der Waals surface area contributed by atoms with E-state index < -0.39 is 0 Å². The fourth-order valence-corrected chi connectivity index (χ4v) is 0.955. The lowest BCUT2D eigenvalue weighted by Gasteiger charge is -2.09. The number of hydrogen-bond donors (Lipinski definition) is 1. The van der Waals surface area contributed by atoms with Crippen molar-refractivity contribution in [3.05, 3.63) is 18.6 Å². The van der Waals surface area contributed by atoms with Crippen LogP contribution in [-0.4, -0.2) is 29.6 Å². The standard InChI is InChI=1S/C7H9N3O2/c1-2-9-6(3-8-1)10-7-4-11-5-12-7/h1-3,7H,4-5H2,(H,9,10). The predicted octanol–water partition coefficient (Wildman–Crippen LogP) is 0.219. The highest BCUT2D eigenvalue weighted by atomic mass is 16.7. The van der Waals surface area contributed by atoms with Crippen LogP contribution in [0.25, 0.3) is 0 Å². The minimum Gasteiger partial charge on any atom is -0.351 e. The summed E-state index contributed by atoms with van der Waals surface area (Å²) < 4.78 is 10.2. The van der Waals surface area contributed by atoms with Crippen LogP contribution in [0.5, 0.6) is 0 Å². The summed E-state index contributed by atoms with van der Waals surface area (Å²) in [5.74, 6) is 0.702. The van der Waals surface area contributed by atoms with Gasteiger partial charge in [-0.05, 0) is 0 Å². The van der Waals surface area contributed by atoms with Gasteiger partial charge in [0, 0.05) is 12.4 Å². The first-order valence-electron chi connectivity index (χ1n) is 3.67. The molecule has 0 aromatic carbocycles. The molecule has 1 aromatic rings. The van der Waals surface area contributed by atoms with Gasteiger partial charge >= 0.3 is 0 Å². The second-order valence-corrected chi connectivity index (χ2v) is 2.38. The molecule has 1 atom stereocenters. The molecule has 0 saturated carbocycles. The minimum atomic E-state index is -0.0956. The van der Waals surface area contributed by atoms with Gasteiger partial charge in [-0.2, -0.15) is 0 Å². The Bertz CT molecular complexity index is 236. The Morgan fingerprint density at radius 2 is 2.50 bits per heavy atom. The van der Waals surface area contributed by atoms with Crippen molar-refractivity contribution < 1.29 is 9.47 Å². The third-order valence-electron chi connectivity index (χ3n) is 1.49. The van der Waals surface area contributed by atoms with Gasteiger partial charge in [-0.3, -0.25) is 4.98 Å². The Balaban J connectivity index is 1.94. The van der Waals surface area contributed by atoms with Crippen molar-refractivity contribution >= 4 is 5.82 Å². The van der Waals surface area contributed by atoms with Crippen molar-refractivity contribution in [3.8, 4) is 0 Å². The lowest BCUT2D eigenvalue weighted by Crippen LogP contribution is -2.21. The number of nitrogens with zero attached hydrogens (tertiary/aromatic N) is 2. The van der Waals surface area contributed by atoms with Crippen molar-refractivity contribution in [3.63, 3.8) is 0 Å². The first-order chi connectivity index (χ1) is 5.95. The molecule has 1 unspecified atom stereocenters. The van der Waals surface area contributed by atoms with Crippen LogP contribution in [0.2, 0.25) is 0 Å². The maximum atomic E-state index is 5.16. The Morgan fingerprint density at radius 3 is 3.17 bits per heavy atom. The molecule has 2 heterocycles. The smallest absolute Gasteiger partial charge is 0.155 e. The van der Waals surface area contributed by atoms with E-state index in [9.17, 15) is 0 Å². The van der Waals surface area contributed by atoms with Crippen molar-refractivity contribution in [1.82, 2.24) is 9.97 Å². The lowest BCUT2D eigenvalue weighted by atomic mass is 10.5. The highest BCUT2D eigenvalue weighted by molar-refractivity contribution is 5.30. The van der Waals surface area contributed by atoms with E-state index in [2.05, 4.69) is 15.3 Å². The van der Waals surface area contributed by atoms with Gasteiger partial charge in [-0.15, -0.1) is 0 Å². The zero-order valence-corrected chi connectivity index (χ0v) is 6.43. The third-order valence-corrected chi connectivity index (χ3v) is 1.49. The van der Waals surface area contributed by atoms with Gasteiger partial charge in [-0.1, -0.05) is 0 Å². The number of ether oxygens (including phenoxy) is 2. The van der Waals surface area contributed by atoms with Gasteiger partial charge in [0.25, 0.3) is 0 Å². The molecule has 5 nitrogen and oxygen atoms in total. The number of aromatic nitrogens is 2. The molecule has 1 saturated heterocycles. The van der Waals surface area contributed by atoms with Gasteiger partial charge in [0.1, 0.15) is 12.6 Å². The Labute approximate surface area is 69.7 Å². The maximum absolute atomic E-state index is 5.16. The van der Waals surface area contributed by atoms with E-state index in [0.29, 0.717) is 19.2 Å². The largest absolute Gasteiger partial charge is 0.351 e. The van der Waals surface area contributed by atoms with E-state index in [1.54, 1.807) is 18.6 Å². The molecule has 1 fully saturated rings. The van der Waals surface area contributed by atoms with Gasteiger partial charge in [0.05, 0.1) is 12.8 Å². The van der Waals surface area contributed by atoms with E-state index in [-0.39, 0.29) is 6.23 Å². The van der Waals surface area contributed by atoms with Crippen LogP contribution in [-0.2, 0) is 9.47 Å². The van der Waals surface area contributed by atoms with E-state index in [0.717, 1.165) is 0 Å². The molecule has 64 valence electrons. The summed E-state index contributed by atoms with van der Waals surface area (Å²) >= 11 is 0. The van der Waals surface area contributed by atoms with Gasteiger partial charge in [-0.25, -0.2) is 4.98 Å². The summed E-state index contributed by atoms with van der Waals surface area (Å²) in [6.45, 7) is 0.897. The van der Waals surface area contributed by atoms with Crippen LogP contribution in [0.15, 0.2) is 18.6 Å². The number of nitrogens with one attached hydrogen (secondary N) is 1. The molecule has 0 bridgehead atoms. The molecule has 1 aliphatic heterocycles. The molecule has 0 spiro atoms. The molecule has 1 aromatic heterocycles. The van der Waals surface area contributed by atoms with E-state index in [4.69, 9.17) is 9.47 Å². The fourth-order valence-electron chi connectivity index (χ4n) is 0.955.